The van der Waals surface area contributed by atoms with Gasteiger partial charge in [0, 0.05) is 5.92 Å². The highest BCUT2D eigenvalue weighted by Crippen LogP contribution is 2.43. The molecule has 0 spiro atoms. The van der Waals surface area contributed by atoms with Gasteiger partial charge in [-0.05, 0) is 18.9 Å². The number of hydrogen-bond donors (Lipinski definition) is 0. The van der Waals surface area contributed by atoms with Gasteiger partial charge in [-0.2, -0.15) is 0 Å². The van der Waals surface area contributed by atoms with Crippen molar-refractivity contribution in [2.45, 2.75) is 31.7 Å². The molecule has 0 bridgehead atoms. The van der Waals surface area contributed by atoms with Gasteiger partial charge in [0.15, 0.2) is 0 Å². The molecule has 2 aliphatic heterocycles. The second kappa shape index (κ2) is 3.62. The molecule has 3 rings (SSSR count). The SMILES string of the molecule is C[C@H]1C[C@@H]2[C@@H](CO[C@H]2c2ccccc2)O1. The maximum atomic E-state index is 5.83. The van der Waals surface area contributed by atoms with Gasteiger partial charge in [0.05, 0.1) is 24.9 Å². The van der Waals surface area contributed by atoms with Gasteiger partial charge in [-0.15, -0.1) is 0 Å². The highest BCUT2D eigenvalue weighted by atomic mass is 16.6. The first-order chi connectivity index (χ1) is 7.34. The monoisotopic (exact) mass is 204 g/mol. The summed E-state index contributed by atoms with van der Waals surface area (Å²) in [5.74, 6) is 0.558. The average Bonchev–Trinajstić information content (AvgIpc) is 2.77. The number of benzene rings is 1. The van der Waals surface area contributed by atoms with Crippen molar-refractivity contribution in [3.05, 3.63) is 35.9 Å². The zero-order chi connectivity index (χ0) is 10.3. The van der Waals surface area contributed by atoms with Gasteiger partial charge in [0.1, 0.15) is 0 Å². The smallest absolute Gasteiger partial charge is 0.0881 e. The Hall–Kier alpha value is -0.860. The Labute approximate surface area is 90.2 Å². The molecule has 0 aromatic heterocycles. The number of rotatable bonds is 1. The molecule has 2 saturated heterocycles. The van der Waals surface area contributed by atoms with Crippen molar-refractivity contribution < 1.29 is 9.47 Å². The molecule has 2 heterocycles. The number of fused-ring (bicyclic) bond motifs is 1. The van der Waals surface area contributed by atoms with Gasteiger partial charge in [0.25, 0.3) is 0 Å². The predicted molar refractivity (Wildman–Crippen MR) is 57.6 cm³/mol. The molecule has 0 saturated carbocycles. The van der Waals surface area contributed by atoms with Crippen molar-refractivity contribution in [2.75, 3.05) is 6.61 Å². The molecule has 1 aromatic rings. The fourth-order valence-electron chi connectivity index (χ4n) is 2.78. The van der Waals surface area contributed by atoms with Crippen molar-refractivity contribution in [1.82, 2.24) is 0 Å². The van der Waals surface area contributed by atoms with Gasteiger partial charge in [-0.25, -0.2) is 0 Å². The summed E-state index contributed by atoms with van der Waals surface area (Å²) in [5.41, 5.74) is 1.29. The van der Waals surface area contributed by atoms with Gasteiger partial charge in [-0.3, -0.25) is 0 Å². The van der Waals surface area contributed by atoms with Crippen molar-refractivity contribution in [3.63, 3.8) is 0 Å². The van der Waals surface area contributed by atoms with E-state index in [2.05, 4.69) is 31.2 Å². The van der Waals surface area contributed by atoms with Gasteiger partial charge in [-0.1, -0.05) is 30.3 Å². The van der Waals surface area contributed by atoms with E-state index in [1.165, 1.54) is 5.56 Å². The highest BCUT2D eigenvalue weighted by Gasteiger charge is 2.44. The van der Waals surface area contributed by atoms with Crippen molar-refractivity contribution in [2.24, 2.45) is 5.92 Å². The molecule has 4 atom stereocenters. The van der Waals surface area contributed by atoms with E-state index in [0.29, 0.717) is 18.1 Å². The van der Waals surface area contributed by atoms with Gasteiger partial charge >= 0.3 is 0 Å². The lowest BCUT2D eigenvalue weighted by molar-refractivity contribution is 0.0164. The summed E-state index contributed by atoms with van der Waals surface area (Å²) in [6, 6.07) is 10.5. The fraction of sp³-hybridized carbons (Fsp3) is 0.538. The fourth-order valence-corrected chi connectivity index (χ4v) is 2.78. The molecule has 80 valence electrons. The second-order valence-electron chi connectivity index (χ2n) is 4.55. The largest absolute Gasteiger partial charge is 0.372 e. The van der Waals surface area contributed by atoms with E-state index in [1.54, 1.807) is 0 Å². The second-order valence-corrected chi connectivity index (χ2v) is 4.55. The molecule has 2 nitrogen and oxygen atoms in total. The quantitative estimate of drug-likeness (QED) is 0.700. The maximum Gasteiger partial charge on any atom is 0.0881 e. The standard InChI is InChI=1S/C13H16O2/c1-9-7-11-12(15-9)8-14-13(11)10-5-3-2-4-6-10/h2-6,9,11-13H,7-8H2,1H3/t9-,11+,12+,13-/m0/s1. The van der Waals surface area contributed by atoms with Crippen LogP contribution in [0.1, 0.15) is 25.0 Å². The molecule has 0 radical (unpaired) electrons. The zero-order valence-electron chi connectivity index (χ0n) is 8.93. The van der Waals surface area contributed by atoms with E-state index in [-0.39, 0.29) is 6.10 Å². The van der Waals surface area contributed by atoms with Crippen LogP contribution in [0.4, 0.5) is 0 Å². The third kappa shape index (κ3) is 1.58. The Balaban J connectivity index is 1.84. The van der Waals surface area contributed by atoms with Crippen LogP contribution in [-0.4, -0.2) is 18.8 Å². The van der Waals surface area contributed by atoms with Crippen LogP contribution in [-0.2, 0) is 9.47 Å². The lowest BCUT2D eigenvalue weighted by Gasteiger charge is -2.16. The summed E-state index contributed by atoms with van der Waals surface area (Å²) in [6.07, 6.45) is 2.10. The molecule has 0 aliphatic carbocycles. The first kappa shape index (κ1) is 9.37. The first-order valence-corrected chi connectivity index (χ1v) is 5.66. The molecule has 2 fully saturated rings. The number of ether oxygens (including phenoxy) is 2. The summed E-state index contributed by atoms with van der Waals surface area (Å²) in [4.78, 5) is 0. The van der Waals surface area contributed by atoms with Gasteiger partial charge in [0.2, 0.25) is 0 Å². The van der Waals surface area contributed by atoms with Crippen LogP contribution in [0.15, 0.2) is 30.3 Å². The molecule has 0 unspecified atom stereocenters. The van der Waals surface area contributed by atoms with Crippen LogP contribution in [0, 0.1) is 5.92 Å². The molecule has 1 aromatic carbocycles. The van der Waals surface area contributed by atoms with Crippen LogP contribution in [0.2, 0.25) is 0 Å². The Morgan fingerprint density at radius 1 is 1.20 bits per heavy atom. The number of hydrogen-bond acceptors (Lipinski definition) is 2. The maximum absolute atomic E-state index is 5.83. The van der Waals surface area contributed by atoms with Crippen molar-refractivity contribution >= 4 is 0 Å². The van der Waals surface area contributed by atoms with Crippen LogP contribution < -0.4 is 0 Å². The Morgan fingerprint density at radius 2 is 2.00 bits per heavy atom. The predicted octanol–water partition coefficient (Wildman–Crippen LogP) is 2.55. The minimum Gasteiger partial charge on any atom is -0.372 e. The summed E-state index contributed by atoms with van der Waals surface area (Å²) in [7, 11) is 0. The molecule has 2 aliphatic rings. The molecule has 0 N–H and O–H groups in total. The van der Waals surface area contributed by atoms with E-state index in [0.717, 1.165) is 13.0 Å². The Morgan fingerprint density at radius 3 is 2.80 bits per heavy atom. The molecule has 0 amide bonds. The van der Waals surface area contributed by atoms with E-state index in [9.17, 15) is 0 Å². The first-order valence-electron chi connectivity index (χ1n) is 5.66. The lowest BCUT2D eigenvalue weighted by Crippen LogP contribution is -2.14. The van der Waals surface area contributed by atoms with Crippen molar-refractivity contribution in [3.8, 4) is 0 Å². The zero-order valence-corrected chi connectivity index (χ0v) is 8.93. The summed E-state index contributed by atoms with van der Waals surface area (Å²) in [6.45, 7) is 2.91. The van der Waals surface area contributed by atoms with E-state index in [1.807, 2.05) is 6.07 Å². The van der Waals surface area contributed by atoms with Crippen LogP contribution >= 0.6 is 0 Å². The minimum absolute atomic E-state index is 0.251. The Bertz CT molecular complexity index is 336. The summed E-state index contributed by atoms with van der Waals surface area (Å²) < 4.78 is 11.6. The van der Waals surface area contributed by atoms with E-state index >= 15 is 0 Å². The lowest BCUT2D eigenvalue weighted by atomic mass is 9.91. The highest BCUT2D eigenvalue weighted by molar-refractivity contribution is 5.20. The third-order valence-electron chi connectivity index (χ3n) is 3.45. The van der Waals surface area contributed by atoms with E-state index < -0.39 is 0 Å². The van der Waals surface area contributed by atoms with Crippen LogP contribution in [0.3, 0.4) is 0 Å². The van der Waals surface area contributed by atoms with Crippen molar-refractivity contribution in [1.29, 1.82) is 0 Å². The normalized spacial score (nSPS) is 39.3. The molecule has 15 heavy (non-hydrogen) atoms. The van der Waals surface area contributed by atoms with E-state index in [4.69, 9.17) is 9.47 Å². The van der Waals surface area contributed by atoms with Crippen LogP contribution in [0.5, 0.6) is 0 Å². The topological polar surface area (TPSA) is 18.5 Å². The summed E-state index contributed by atoms with van der Waals surface area (Å²) >= 11 is 0. The minimum atomic E-state index is 0.251. The Kier molecular flexibility index (Phi) is 2.26. The molecular weight excluding hydrogens is 188 g/mol. The molecular formula is C13H16O2. The van der Waals surface area contributed by atoms with Crippen LogP contribution in [0.25, 0.3) is 0 Å². The van der Waals surface area contributed by atoms with Gasteiger partial charge < -0.3 is 9.47 Å². The average molecular weight is 204 g/mol. The summed E-state index contributed by atoms with van der Waals surface area (Å²) in [5, 5.41) is 0. The molecule has 2 heteroatoms. The third-order valence-corrected chi connectivity index (χ3v) is 3.45.